The van der Waals surface area contributed by atoms with Crippen molar-refractivity contribution in [2.75, 3.05) is 0 Å². The van der Waals surface area contributed by atoms with Crippen LogP contribution < -0.4 is 10.1 Å². The minimum absolute atomic E-state index is 0.0104. The molecule has 0 atom stereocenters. The van der Waals surface area contributed by atoms with Gasteiger partial charge >= 0.3 is 6.61 Å². The van der Waals surface area contributed by atoms with E-state index in [4.69, 9.17) is 4.74 Å². The summed E-state index contributed by atoms with van der Waals surface area (Å²) >= 11 is 0. The molecule has 3 aliphatic rings. The lowest BCUT2D eigenvalue weighted by atomic mass is 9.89. The molecule has 184 valence electrons. The Hall–Kier alpha value is -2.37. The highest BCUT2D eigenvalue weighted by molar-refractivity contribution is 5.97. The maximum Gasteiger partial charge on any atom is 0.387 e. The number of hydrogen-bond donors (Lipinski definition) is 1. The van der Waals surface area contributed by atoms with E-state index < -0.39 is 6.61 Å². The van der Waals surface area contributed by atoms with Gasteiger partial charge in [-0.1, -0.05) is 26.2 Å². The van der Waals surface area contributed by atoms with Crippen molar-refractivity contribution in [1.29, 1.82) is 0 Å². The lowest BCUT2D eigenvalue weighted by molar-refractivity contribution is -0.0498. The van der Waals surface area contributed by atoms with Crippen LogP contribution in [-0.2, 0) is 12.0 Å². The first-order chi connectivity index (χ1) is 16.3. The second-order valence-corrected chi connectivity index (χ2v) is 10.9. The third-order valence-electron chi connectivity index (χ3n) is 8.34. The van der Waals surface area contributed by atoms with Crippen LogP contribution in [0.5, 0.6) is 5.75 Å². The molecule has 1 N–H and O–H groups in total. The Morgan fingerprint density at radius 1 is 1.09 bits per heavy atom. The topological polar surface area (TPSA) is 43.3 Å². The maximum absolute atomic E-state index is 13.2. The predicted molar refractivity (Wildman–Crippen MR) is 130 cm³/mol. The molecule has 3 aliphatic carbocycles. The van der Waals surface area contributed by atoms with Crippen LogP contribution in [0.3, 0.4) is 0 Å². The highest BCUT2D eigenvalue weighted by Crippen LogP contribution is 2.49. The number of alkyl halides is 2. The summed E-state index contributed by atoms with van der Waals surface area (Å²) in [6, 6.07) is 7.81. The number of amides is 1. The van der Waals surface area contributed by atoms with Crippen LogP contribution in [-0.4, -0.2) is 23.1 Å². The highest BCUT2D eigenvalue weighted by atomic mass is 19.3. The molecule has 34 heavy (non-hydrogen) atoms. The van der Waals surface area contributed by atoms with Crippen LogP contribution in [0.25, 0.3) is 11.3 Å². The molecule has 2 aromatic rings. The van der Waals surface area contributed by atoms with E-state index in [-0.39, 0.29) is 23.1 Å². The Morgan fingerprint density at radius 2 is 1.82 bits per heavy atom. The van der Waals surface area contributed by atoms with E-state index in [1.165, 1.54) is 32.1 Å². The zero-order valence-electron chi connectivity index (χ0n) is 20.3. The first kappa shape index (κ1) is 23.4. The fraction of sp³-hybridized carbons (Fsp3) is 0.607. The summed E-state index contributed by atoms with van der Waals surface area (Å²) in [4.78, 5) is 13.2. The van der Waals surface area contributed by atoms with E-state index in [0.717, 1.165) is 61.2 Å². The summed E-state index contributed by atoms with van der Waals surface area (Å²) in [7, 11) is 0. The van der Waals surface area contributed by atoms with Gasteiger partial charge in [-0.2, -0.15) is 8.78 Å². The summed E-state index contributed by atoms with van der Waals surface area (Å²) < 4.78 is 33.4. The van der Waals surface area contributed by atoms with E-state index in [1.807, 2.05) is 13.0 Å². The lowest BCUT2D eigenvalue weighted by Crippen LogP contribution is -2.39. The summed E-state index contributed by atoms with van der Waals surface area (Å²) in [6.07, 6.45) is 11.5. The zero-order chi connectivity index (χ0) is 23.9. The molecule has 1 amide bonds. The van der Waals surface area contributed by atoms with Gasteiger partial charge in [0.1, 0.15) is 5.75 Å². The fourth-order valence-corrected chi connectivity index (χ4v) is 5.54. The van der Waals surface area contributed by atoms with Crippen LogP contribution in [0.2, 0.25) is 0 Å². The average Bonchev–Trinajstić information content (AvgIpc) is 3.46. The minimum atomic E-state index is -2.87. The Bertz CT molecular complexity index is 1050. The van der Waals surface area contributed by atoms with Crippen molar-refractivity contribution in [3.63, 3.8) is 0 Å². The van der Waals surface area contributed by atoms with E-state index in [2.05, 4.69) is 22.9 Å². The standard InChI is InChI=1S/C28H36F2N2O2/c1-18-24(26(33)31-22-9-6-10-22)16-25(32(18)17-19-7-4-3-5-8-19)20-13-21(28(2)11-12-28)15-23(14-20)34-27(29)30/h13-16,19,22,27H,3-12,17H2,1-2H3,(H,31,33). The highest BCUT2D eigenvalue weighted by Gasteiger charge is 2.39. The number of hydrogen-bond acceptors (Lipinski definition) is 2. The van der Waals surface area contributed by atoms with Crippen LogP contribution in [0.1, 0.15) is 92.7 Å². The number of carbonyl (C=O) groups excluding carboxylic acids is 1. The quantitative estimate of drug-likeness (QED) is 0.452. The molecular formula is C28H36F2N2O2. The minimum Gasteiger partial charge on any atom is -0.435 e. The van der Waals surface area contributed by atoms with E-state index in [1.54, 1.807) is 12.1 Å². The van der Waals surface area contributed by atoms with Crippen molar-refractivity contribution in [3.05, 3.63) is 41.1 Å². The molecule has 0 spiro atoms. The van der Waals surface area contributed by atoms with Crippen molar-refractivity contribution in [3.8, 4) is 17.0 Å². The van der Waals surface area contributed by atoms with Gasteiger partial charge in [-0.15, -0.1) is 0 Å². The molecule has 3 fully saturated rings. The molecule has 5 rings (SSSR count). The largest absolute Gasteiger partial charge is 0.435 e. The number of ether oxygens (including phenoxy) is 1. The Morgan fingerprint density at radius 3 is 2.44 bits per heavy atom. The molecule has 0 aliphatic heterocycles. The second-order valence-electron chi connectivity index (χ2n) is 10.9. The molecule has 1 heterocycles. The van der Waals surface area contributed by atoms with Gasteiger partial charge in [0.2, 0.25) is 0 Å². The number of rotatable bonds is 8. The van der Waals surface area contributed by atoms with Gasteiger partial charge in [0.05, 0.1) is 5.56 Å². The molecule has 1 aromatic heterocycles. The summed E-state index contributed by atoms with van der Waals surface area (Å²) in [6.45, 7) is 2.17. The molecule has 0 bridgehead atoms. The average molecular weight is 471 g/mol. The first-order valence-electron chi connectivity index (χ1n) is 12.9. The lowest BCUT2D eigenvalue weighted by Gasteiger charge is -2.26. The van der Waals surface area contributed by atoms with Gasteiger partial charge in [0.15, 0.2) is 0 Å². The van der Waals surface area contributed by atoms with E-state index in [0.29, 0.717) is 11.5 Å². The van der Waals surface area contributed by atoms with Gasteiger partial charge < -0.3 is 14.6 Å². The summed E-state index contributed by atoms with van der Waals surface area (Å²) in [5.41, 5.74) is 4.46. The number of aromatic nitrogens is 1. The van der Waals surface area contributed by atoms with Gasteiger partial charge in [0.25, 0.3) is 5.91 Å². The normalized spacial score (nSPS) is 20.3. The van der Waals surface area contributed by atoms with Crippen molar-refractivity contribution in [2.45, 2.75) is 103 Å². The second kappa shape index (κ2) is 9.35. The van der Waals surface area contributed by atoms with Gasteiger partial charge in [-0.05, 0) is 93.0 Å². The monoisotopic (exact) mass is 470 g/mol. The van der Waals surface area contributed by atoms with Crippen LogP contribution >= 0.6 is 0 Å². The van der Waals surface area contributed by atoms with E-state index >= 15 is 0 Å². The molecule has 0 radical (unpaired) electrons. The number of nitrogens with zero attached hydrogens (tertiary/aromatic N) is 1. The van der Waals surface area contributed by atoms with Crippen LogP contribution in [0.15, 0.2) is 24.3 Å². The molecule has 0 unspecified atom stereocenters. The van der Waals surface area contributed by atoms with Crippen LogP contribution in [0.4, 0.5) is 8.78 Å². The van der Waals surface area contributed by atoms with Gasteiger partial charge in [-0.3, -0.25) is 4.79 Å². The number of nitrogens with one attached hydrogen (secondary N) is 1. The van der Waals surface area contributed by atoms with Crippen LogP contribution in [0, 0.1) is 12.8 Å². The molecule has 4 nitrogen and oxygen atoms in total. The maximum atomic E-state index is 13.2. The van der Waals surface area contributed by atoms with Crippen molar-refractivity contribution < 1.29 is 18.3 Å². The third kappa shape index (κ3) is 4.87. The van der Waals surface area contributed by atoms with E-state index in [9.17, 15) is 13.6 Å². The fourth-order valence-electron chi connectivity index (χ4n) is 5.54. The van der Waals surface area contributed by atoms with Gasteiger partial charge in [-0.25, -0.2) is 0 Å². The SMILES string of the molecule is Cc1c(C(=O)NC2CCC2)cc(-c2cc(OC(F)F)cc(C3(C)CC3)c2)n1CC1CCCCC1. The molecule has 0 saturated heterocycles. The number of halogens is 2. The molecular weight excluding hydrogens is 434 g/mol. The number of benzene rings is 1. The molecule has 1 aromatic carbocycles. The predicted octanol–water partition coefficient (Wildman–Crippen LogP) is 6.98. The van der Waals surface area contributed by atoms with Crippen molar-refractivity contribution in [2.24, 2.45) is 5.92 Å². The smallest absolute Gasteiger partial charge is 0.387 e. The zero-order valence-corrected chi connectivity index (χ0v) is 20.3. The molecule has 6 heteroatoms. The van der Waals surface area contributed by atoms with Crippen molar-refractivity contribution in [1.82, 2.24) is 9.88 Å². The Balaban J connectivity index is 1.55. The summed E-state index contributed by atoms with van der Waals surface area (Å²) in [5.74, 6) is 0.737. The summed E-state index contributed by atoms with van der Waals surface area (Å²) in [5, 5.41) is 3.18. The van der Waals surface area contributed by atoms with Gasteiger partial charge in [0, 0.05) is 29.5 Å². The first-order valence-corrected chi connectivity index (χ1v) is 12.9. The molecule has 3 saturated carbocycles. The Kier molecular flexibility index (Phi) is 6.43. The number of carbonyl (C=O) groups is 1. The Labute approximate surface area is 201 Å². The van der Waals surface area contributed by atoms with Crippen molar-refractivity contribution >= 4 is 5.91 Å². The third-order valence-corrected chi connectivity index (χ3v) is 8.34.